The molecular weight excluding hydrogens is 313 g/mol. The molecule has 1 N–H and O–H groups in total. The van der Waals surface area contributed by atoms with E-state index >= 15 is 0 Å². The molecule has 0 spiro atoms. The van der Waals surface area contributed by atoms with Gasteiger partial charge in [0.15, 0.2) is 0 Å². The van der Waals surface area contributed by atoms with Gasteiger partial charge in [-0.2, -0.15) is 0 Å². The first-order chi connectivity index (χ1) is 9.95. The number of benzene rings is 1. The number of carbonyl (C=O) groups excluding carboxylic acids is 2. The monoisotopic (exact) mass is 324 g/mol. The molecule has 1 aromatic carbocycles. The molecule has 4 atom stereocenters. The third-order valence-corrected chi connectivity index (χ3v) is 4.60. The zero-order chi connectivity index (χ0) is 15.1. The van der Waals surface area contributed by atoms with Gasteiger partial charge in [-0.1, -0.05) is 35.4 Å². The summed E-state index contributed by atoms with van der Waals surface area (Å²) < 4.78 is 0. The molecule has 2 aliphatic carbocycles. The van der Waals surface area contributed by atoms with Gasteiger partial charge in [-0.15, -0.1) is 0 Å². The van der Waals surface area contributed by atoms with E-state index in [-0.39, 0.29) is 17.7 Å². The van der Waals surface area contributed by atoms with Gasteiger partial charge in [-0.3, -0.25) is 4.79 Å². The predicted octanol–water partition coefficient (Wildman–Crippen LogP) is 2.12. The summed E-state index contributed by atoms with van der Waals surface area (Å²) in [4.78, 5) is 23.7. The van der Waals surface area contributed by atoms with E-state index in [1.165, 1.54) is 0 Å². The minimum atomic E-state index is -1.17. The minimum Gasteiger partial charge on any atom is -0.550 e. The fourth-order valence-corrected chi connectivity index (χ4v) is 3.88. The molecule has 1 saturated carbocycles. The molecule has 1 fully saturated rings. The number of allylic oxidation sites excluding steroid dienone is 2. The normalized spacial score (nSPS) is 29.6. The number of hydrogen-bond donors (Lipinski definition) is 1. The highest BCUT2D eigenvalue weighted by atomic mass is 35.5. The molecule has 6 heteroatoms. The Kier molecular flexibility index (Phi) is 3.68. The van der Waals surface area contributed by atoms with Gasteiger partial charge in [0.25, 0.3) is 0 Å². The standard InChI is InChI=1S/C15H13Cl2NO3/c16-9-4-10(17)6-11(5-9)18-14(19)12-7-1-2-8(3-7)13(12)15(20)21/h1-2,4-8,12-13H,3H2,(H,18,19)(H,20,21)/p-1/t7-,8+,12-,13+/m1/s1. The van der Waals surface area contributed by atoms with E-state index in [1.54, 1.807) is 18.2 Å². The zero-order valence-corrected chi connectivity index (χ0v) is 12.4. The summed E-state index contributed by atoms with van der Waals surface area (Å²) in [6.07, 6.45) is 4.47. The highest BCUT2D eigenvalue weighted by molar-refractivity contribution is 6.35. The maximum Gasteiger partial charge on any atom is 0.228 e. The molecule has 0 aromatic heterocycles. The number of aliphatic carboxylic acids is 1. The first-order valence-electron chi connectivity index (χ1n) is 6.62. The van der Waals surface area contributed by atoms with E-state index in [2.05, 4.69) is 5.32 Å². The van der Waals surface area contributed by atoms with Crippen LogP contribution in [0.15, 0.2) is 30.4 Å². The smallest absolute Gasteiger partial charge is 0.228 e. The molecule has 0 heterocycles. The van der Waals surface area contributed by atoms with Crippen LogP contribution in [-0.2, 0) is 9.59 Å². The number of carbonyl (C=O) groups is 2. The van der Waals surface area contributed by atoms with Crippen LogP contribution in [0.5, 0.6) is 0 Å². The number of carboxylic acid groups (broad SMARTS) is 1. The second-order valence-electron chi connectivity index (χ2n) is 5.47. The first kappa shape index (κ1) is 14.4. The van der Waals surface area contributed by atoms with Crippen LogP contribution in [-0.4, -0.2) is 11.9 Å². The van der Waals surface area contributed by atoms with Crippen LogP contribution < -0.4 is 10.4 Å². The number of rotatable bonds is 3. The van der Waals surface area contributed by atoms with Crippen molar-refractivity contribution in [1.82, 2.24) is 0 Å². The van der Waals surface area contributed by atoms with Crippen molar-refractivity contribution < 1.29 is 14.7 Å². The molecule has 1 amide bonds. The van der Waals surface area contributed by atoms with Gasteiger partial charge in [0.1, 0.15) is 0 Å². The molecule has 3 rings (SSSR count). The van der Waals surface area contributed by atoms with E-state index in [0.29, 0.717) is 22.2 Å². The summed E-state index contributed by atoms with van der Waals surface area (Å²) in [5, 5.41) is 14.8. The lowest BCUT2D eigenvalue weighted by Crippen LogP contribution is -2.42. The van der Waals surface area contributed by atoms with E-state index in [1.807, 2.05) is 12.2 Å². The summed E-state index contributed by atoms with van der Waals surface area (Å²) in [5.74, 6) is -3.04. The second-order valence-corrected chi connectivity index (χ2v) is 6.34. The van der Waals surface area contributed by atoms with Gasteiger partial charge >= 0.3 is 0 Å². The number of hydrogen-bond acceptors (Lipinski definition) is 3. The molecule has 21 heavy (non-hydrogen) atoms. The third-order valence-electron chi connectivity index (χ3n) is 4.16. The van der Waals surface area contributed by atoms with Gasteiger partial charge < -0.3 is 15.2 Å². The quantitative estimate of drug-likeness (QED) is 0.866. The fraction of sp³-hybridized carbons (Fsp3) is 0.333. The number of halogens is 2. The Morgan fingerprint density at radius 1 is 1.05 bits per heavy atom. The highest BCUT2D eigenvalue weighted by Gasteiger charge is 2.48. The van der Waals surface area contributed by atoms with Gasteiger partial charge in [0.2, 0.25) is 5.91 Å². The van der Waals surface area contributed by atoms with Crippen molar-refractivity contribution in [3.63, 3.8) is 0 Å². The number of anilines is 1. The molecule has 2 bridgehead atoms. The zero-order valence-electron chi connectivity index (χ0n) is 10.9. The van der Waals surface area contributed by atoms with Gasteiger partial charge in [-0.25, -0.2) is 0 Å². The predicted molar refractivity (Wildman–Crippen MR) is 77.8 cm³/mol. The maximum absolute atomic E-state index is 12.4. The topological polar surface area (TPSA) is 69.2 Å². The number of amides is 1. The Labute approximate surface area is 131 Å². The average Bonchev–Trinajstić information content (AvgIpc) is 2.96. The molecule has 0 radical (unpaired) electrons. The summed E-state index contributed by atoms with van der Waals surface area (Å²) in [5.41, 5.74) is 0.460. The Balaban J connectivity index is 1.82. The first-order valence-corrected chi connectivity index (χ1v) is 7.37. The molecule has 1 aromatic rings. The summed E-state index contributed by atoms with van der Waals surface area (Å²) >= 11 is 11.8. The summed E-state index contributed by atoms with van der Waals surface area (Å²) in [6.45, 7) is 0. The van der Waals surface area contributed by atoms with E-state index in [9.17, 15) is 14.7 Å². The van der Waals surface area contributed by atoms with Crippen molar-refractivity contribution in [1.29, 1.82) is 0 Å². The lowest BCUT2D eigenvalue weighted by atomic mass is 9.82. The van der Waals surface area contributed by atoms with Crippen LogP contribution in [0.25, 0.3) is 0 Å². The van der Waals surface area contributed by atoms with Crippen molar-refractivity contribution in [3.8, 4) is 0 Å². The van der Waals surface area contributed by atoms with Crippen molar-refractivity contribution in [3.05, 3.63) is 40.4 Å². The lowest BCUT2D eigenvalue weighted by molar-refractivity contribution is -0.313. The third kappa shape index (κ3) is 2.65. The Morgan fingerprint density at radius 2 is 1.62 bits per heavy atom. The van der Waals surface area contributed by atoms with Crippen LogP contribution in [0.1, 0.15) is 6.42 Å². The van der Waals surface area contributed by atoms with Crippen molar-refractivity contribution in [2.45, 2.75) is 6.42 Å². The van der Waals surface area contributed by atoms with Gasteiger partial charge in [-0.05, 0) is 36.5 Å². The minimum absolute atomic E-state index is 0.0486. The molecule has 0 saturated heterocycles. The second kappa shape index (κ2) is 5.35. The summed E-state index contributed by atoms with van der Waals surface area (Å²) in [6, 6.07) is 4.70. The largest absolute Gasteiger partial charge is 0.550 e. The van der Waals surface area contributed by atoms with Crippen molar-refractivity contribution >= 4 is 40.8 Å². The lowest BCUT2D eigenvalue weighted by Gasteiger charge is -2.27. The van der Waals surface area contributed by atoms with E-state index < -0.39 is 17.8 Å². The maximum atomic E-state index is 12.4. The van der Waals surface area contributed by atoms with Crippen LogP contribution in [0, 0.1) is 23.7 Å². The Hall–Kier alpha value is -1.52. The SMILES string of the molecule is O=C([O-])[C@@H]1[C@H](C(=O)Nc2cc(Cl)cc(Cl)c2)[C@@H]2C=C[C@H]1C2. The molecular formula is C15H12Cl2NO3-. The molecule has 0 unspecified atom stereocenters. The molecule has 0 aliphatic heterocycles. The van der Waals surface area contributed by atoms with Crippen LogP contribution in [0.2, 0.25) is 10.0 Å². The van der Waals surface area contributed by atoms with E-state index in [4.69, 9.17) is 23.2 Å². The van der Waals surface area contributed by atoms with E-state index in [0.717, 1.165) is 0 Å². The fourth-order valence-electron chi connectivity index (χ4n) is 3.35. The van der Waals surface area contributed by atoms with Crippen molar-refractivity contribution in [2.24, 2.45) is 23.7 Å². The summed E-state index contributed by atoms with van der Waals surface area (Å²) in [7, 11) is 0. The molecule has 110 valence electrons. The van der Waals surface area contributed by atoms with Crippen molar-refractivity contribution in [2.75, 3.05) is 5.32 Å². The van der Waals surface area contributed by atoms with Crippen LogP contribution in [0.3, 0.4) is 0 Å². The van der Waals surface area contributed by atoms with Gasteiger partial charge in [0.05, 0.1) is 5.92 Å². The number of nitrogens with one attached hydrogen (secondary N) is 1. The number of carboxylic acids is 1. The number of fused-ring (bicyclic) bond motifs is 2. The Morgan fingerprint density at radius 3 is 2.19 bits per heavy atom. The average molecular weight is 325 g/mol. The molecule has 4 nitrogen and oxygen atoms in total. The highest BCUT2D eigenvalue weighted by Crippen LogP contribution is 2.48. The molecule has 2 aliphatic rings. The Bertz CT molecular complexity index is 624. The van der Waals surface area contributed by atoms with Crippen LogP contribution >= 0.6 is 23.2 Å². The van der Waals surface area contributed by atoms with Crippen LogP contribution in [0.4, 0.5) is 5.69 Å². The van der Waals surface area contributed by atoms with Gasteiger partial charge in [0, 0.05) is 27.6 Å².